The second-order valence-corrected chi connectivity index (χ2v) is 13.5. The second-order valence-electron chi connectivity index (χ2n) is 13.5. The minimum atomic E-state index is -1.19. The van der Waals surface area contributed by atoms with Crippen molar-refractivity contribution in [3.63, 3.8) is 0 Å². The Morgan fingerprint density at radius 3 is 2.42 bits per heavy atom. The molecule has 246 valence electrons. The topological polar surface area (TPSA) is 82.9 Å². The van der Waals surface area contributed by atoms with Crippen LogP contribution in [-0.2, 0) is 11.3 Å². The molecule has 0 bridgehead atoms. The molecule has 1 aliphatic heterocycles. The number of aliphatic hydroxyl groups is 1. The third kappa shape index (κ3) is 8.06. The van der Waals surface area contributed by atoms with Crippen LogP contribution in [0.3, 0.4) is 0 Å². The second kappa shape index (κ2) is 13.9. The van der Waals surface area contributed by atoms with Gasteiger partial charge >= 0.3 is 6.03 Å². The Balaban J connectivity index is 1.89. The van der Waals surface area contributed by atoms with Crippen LogP contribution in [0.4, 0.5) is 18.0 Å². The fraction of sp³-hybridized carbons (Fsp3) is 0.529. The molecule has 0 radical (unpaired) electrons. The van der Waals surface area contributed by atoms with E-state index < -0.39 is 47.4 Å². The molecule has 2 amide bonds. The van der Waals surface area contributed by atoms with Gasteiger partial charge < -0.3 is 24.6 Å². The highest BCUT2D eigenvalue weighted by Gasteiger charge is 2.46. The maximum absolute atomic E-state index is 15.7. The Kier molecular flexibility index (Phi) is 10.7. The monoisotopic (exact) mass is 629 g/mol. The number of nitrogens with zero attached hydrogens (tertiary/aromatic N) is 4. The standard InChI is InChI=1S/C34H46F3N5O3/c1-22(21-43)38-32(44)42(18-24-17-41(19-28(24)37)33(2,3)4)30(34(5,6)45-7)31-39-29(26-15-25(35)13-14-27(26)36)20-40(31)16-23-11-9-8-10-12-23/h8-15,20,22,24,28,30,43H,16-19,21H2,1-7H3,(H,38,44)/t22-,24+,28-,30-/m0/s1. The highest BCUT2D eigenvalue weighted by atomic mass is 19.1. The van der Waals surface area contributed by atoms with Crippen molar-refractivity contribution < 1.29 is 27.8 Å². The zero-order chi connectivity index (χ0) is 33.1. The van der Waals surface area contributed by atoms with Crippen molar-refractivity contribution in [2.75, 3.05) is 33.4 Å². The molecular weight excluding hydrogens is 583 g/mol. The number of carbonyl (C=O) groups excluding carboxylic acids is 1. The number of amides is 2. The van der Waals surface area contributed by atoms with Gasteiger partial charge in [-0.1, -0.05) is 30.3 Å². The molecule has 1 saturated heterocycles. The Hall–Kier alpha value is -3.41. The molecular formula is C34H46F3N5O3. The van der Waals surface area contributed by atoms with E-state index in [0.717, 1.165) is 23.8 Å². The third-order valence-electron chi connectivity index (χ3n) is 8.59. The van der Waals surface area contributed by atoms with Gasteiger partial charge in [0.1, 0.15) is 29.7 Å². The normalized spacial score (nSPS) is 19.0. The highest BCUT2D eigenvalue weighted by Crippen LogP contribution is 2.38. The number of aromatic nitrogens is 2. The first kappa shape index (κ1) is 34.5. The predicted octanol–water partition coefficient (Wildman–Crippen LogP) is 5.80. The average Bonchev–Trinajstić information content (AvgIpc) is 3.57. The summed E-state index contributed by atoms with van der Waals surface area (Å²) in [5, 5.41) is 12.6. The highest BCUT2D eigenvalue weighted by molar-refractivity contribution is 5.75. The Morgan fingerprint density at radius 2 is 1.82 bits per heavy atom. The number of imidazole rings is 1. The summed E-state index contributed by atoms with van der Waals surface area (Å²) in [4.78, 5) is 22.5. The van der Waals surface area contributed by atoms with Crippen molar-refractivity contribution >= 4 is 6.03 Å². The number of urea groups is 1. The number of carbonyl (C=O) groups is 1. The minimum absolute atomic E-state index is 0.0248. The molecule has 0 spiro atoms. The largest absolute Gasteiger partial charge is 0.394 e. The number of ether oxygens (including phenoxy) is 1. The number of alkyl halides is 1. The molecule has 2 aromatic carbocycles. The molecule has 0 aliphatic carbocycles. The number of likely N-dealkylation sites (tertiary alicyclic amines) is 1. The van der Waals surface area contributed by atoms with Crippen molar-refractivity contribution in [1.82, 2.24) is 24.7 Å². The van der Waals surface area contributed by atoms with Gasteiger partial charge in [0.05, 0.1) is 23.9 Å². The van der Waals surface area contributed by atoms with E-state index in [2.05, 4.69) is 10.2 Å². The summed E-state index contributed by atoms with van der Waals surface area (Å²) in [6.07, 6.45) is 0.447. The lowest BCUT2D eigenvalue weighted by Gasteiger charge is -2.42. The molecule has 0 saturated carbocycles. The Bertz CT molecular complexity index is 1440. The van der Waals surface area contributed by atoms with Crippen molar-refractivity contribution in [1.29, 1.82) is 0 Å². The van der Waals surface area contributed by atoms with E-state index in [1.54, 1.807) is 31.5 Å². The zero-order valence-electron chi connectivity index (χ0n) is 27.2. The summed E-state index contributed by atoms with van der Waals surface area (Å²) >= 11 is 0. The molecule has 45 heavy (non-hydrogen) atoms. The number of methoxy groups -OCH3 is 1. The molecule has 0 unspecified atom stereocenters. The third-order valence-corrected chi connectivity index (χ3v) is 8.59. The summed E-state index contributed by atoms with van der Waals surface area (Å²) in [7, 11) is 1.52. The fourth-order valence-corrected chi connectivity index (χ4v) is 5.76. The van der Waals surface area contributed by atoms with Gasteiger partial charge in [0, 0.05) is 56.5 Å². The smallest absolute Gasteiger partial charge is 0.318 e. The van der Waals surface area contributed by atoms with E-state index in [0.29, 0.717) is 18.9 Å². The van der Waals surface area contributed by atoms with E-state index in [1.807, 2.05) is 51.1 Å². The van der Waals surface area contributed by atoms with Crippen LogP contribution in [0.15, 0.2) is 54.7 Å². The van der Waals surface area contributed by atoms with Crippen LogP contribution in [-0.4, -0.2) is 87.2 Å². The summed E-state index contributed by atoms with van der Waals surface area (Å²) in [5.74, 6) is -1.42. The lowest BCUT2D eigenvalue weighted by atomic mass is 9.94. The van der Waals surface area contributed by atoms with E-state index in [9.17, 15) is 14.3 Å². The quantitative estimate of drug-likeness (QED) is 0.280. The summed E-state index contributed by atoms with van der Waals surface area (Å²) in [6, 6.07) is 10.7. The Morgan fingerprint density at radius 1 is 1.13 bits per heavy atom. The van der Waals surface area contributed by atoms with E-state index >= 15 is 8.78 Å². The maximum atomic E-state index is 15.7. The number of hydrogen-bond acceptors (Lipinski definition) is 5. The first-order valence-electron chi connectivity index (χ1n) is 15.3. The minimum Gasteiger partial charge on any atom is -0.394 e. The van der Waals surface area contributed by atoms with Crippen LogP contribution in [0.2, 0.25) is 0 Å². The molecule has 2 heterocycles. The molecule has 1 aromatic heterocycles. The van der Waals surface area contributed by atoms with Crippen molar-refractivity contribution in [2.45, 2.75) is 77.5 Å². The molecule has 11 heteroatoms. The maximum Gasteiger partial charge on any atom is 0.318 e. The van der Waals surface area contributed by atoms with Crippen molar-refractivity contribution in [2.24, 2.45) is 5.92 Å². The van der Waals surface area contributed by atoms with Crippen molar-refractivity contribution in [3.8, 4) is 11.3 Å². The predicted molar refractivity (Wildman–Crippen MR) is 168 cm³/mol. The molecule has 4 atom stereocenters. The van der Waals surface area contributed by atoms with Crippen LogP contribution >= 0.6 is 0 Å². The van der Waals surface area contributed by atoms with Gasteiger partial charge in [0.15, 0.2) is 0 Å². The number of rotatable bonds is 11. The number of aliphatic hydroxyl groups excluding tert-OH is 1. The van der Waals surface area contributed by atoms with Gasteiger partial charge in [0.25, 0.3) is 0 Å². The lowest BCUT2D eigenvalue weighted by Crippen LogP contribution is -2.54. The lowest BCUT2D eigenvalue weighted by molar-refractivity contribution is -0.0513. The zero-order valence-corrected chi connectivity index (χ0v) is 27.2. The number of benzene rings is 2. The average molecular weight is 630 g/mol. The van der Waals surface area contributed by atoms with Gasteiger partial charge in [-0.05, 0) is 65.3 Å². The summed E-state index contributed by atoms with van der Waals surface area (Å²) < 4.78 is 52.8. The summed E-state index contributed by atoms with van der Waals surface area (Å²) in [5.41, 5.74) is -0.268. The molecule has 1 aliphatic rings. The van der Waals surface area contributed by atoms with Crippen LogP contribution in [0.1, 0.15) is 59.0 Å². The van der Waals surface area contributed by atoms with E-state index in [-0.39, 0.29) is 36.5 Å². The summed E-state index contributed by atoms with van der Waals surface area (Å²) in [6.45, 7) is 12.1. The van der Waals surface area contributed by atoms with Crippen LogP contribution < -0.4 is 5.32 Å². The van der Waals surface area contributed by atoms with Gasteiger partial charge in [-0.2, -0.15) is 0 Å². The fourth-order valence-electron chi connectivity index (χ4n) is 5.76. The first-order chi connectivity index (χ1) is 21.1. The molecule has 4 rings (SSSR count). The molecule has 2 N–H and O–H groups in total. The van der Waals surface area contributed by atoms with Crippen LogP contribution in [0, 0.1) is 17.6 Å². The van der Waals surface area contributed by atoms with Crippen LogP contribution in [0.25, 0.3) is 11.3 Å². The van der Waals surface area contributed by atoms with Gasteiger partial charge in [-0.25, -0.2) is 22.9 Å². The van der Waals surface area contributed by atoms with Gasteiger partial charge in [-0.15, -0.1) is 0 Å². The van der Waals surface area contributed by atoms with E-state index in [1.165, 1.54) is 12.0 Å². The van der Waals surface area contributed by atoms with Crippen LogP contribution in [0.5, 0.6) is 0 Å². The van der Waals surface area contributed by atoms with Gasteiger partial charge in [0.2, 0.25) is 0 Å². The molecule has 3 aromatic rings. The number of halogens is 3. The number of nitrogens with one attached hydrogen (secondary N) is 1. The van der Waals surface area contributed by atoms with Crippen molar-refractivity contribution in [3.05, 3.63) is 77.8 Å². The first-order valence-corrected chi connectivity index (χ1v) is 15.3. The SMILES string of the molecule is COC(C)(C)[C@H](c1nc(-c2cc(F)ccc2F)cn1Cc1ccccc1)N(C[C@H]1CN(C(C)(C)C)C[C@@H]1F)C(=O)N[C@@H](C)CO. The van der Waals surface area contributed by atoms with Gasteiger partial charge in [-0.3, -0.25) is 4.90 Å². The molecule has 1 fully saturated rings. The number of hydrogen-bond donors (Lipinski definition) is 2. The molecule has 8 nitrogen and oxygen atoms in total. The Labute approximate surface area is 264 Å². The van der Waals surface area contributed by atoms with E-state index in [4.69, 9.17) is 9.72 Å².